The van der Waals surface area contributed by atoms with E-state index in [1.165, 1.54) is 0 Å². The van der Waals surface area contributed by atoms with Gasteiger partial charge < -0.3 is 5.32 Å². The zero-order chi connectivity index (χ0) is 16.5. The highest BCUT2D eigenvalue weighted by Gasteiger charge is 2.31. The molecule has 0 saturated heterocycles. The monoisotopic (exact) mass is 327 g/mol. The third kappa shape index (κ3) is 3.60. The van der Waals surface area contributed by atoms with Crippen molar-refractivity contribution in [3.63, 3.8) is 0 Å². The molecule has 0 saturated carbocycles. The summed E-state index contributed by atoms with van der Waals surface area (Å²) in [5.74, 6) is -0.498. The molecule has 1 N–H and O–H groups in total. The zero-order valence-corrected chi connectivity index (χ0v) is 12.6. The maximum Gasteiger partial charge on any atom is 0.416 e. The summed E-state index contributed by atoms with van der Waals surface area (Å²) < 4.78 is 38.2. The van der Waals surface area contributed by atoms with E-state index in [4.69, 9.17) is 11.6 Å². The van der Waals surface area contributed by atoms with E-state index >= 15 is 0 Å². The lowest BCUT2D eigenvalue weighted by molar-refractivity contribution is -0.137. The summed E-state index contributed by atoms with van der Waals surface area (Å²) in [6.45, 7) is 3.58. The summed E-state index contributed by atoms with van der Waals surface area (Å²) in [7, 11) is 0. The third-order valence-electron chi connectivity index (χ3n) is 3.18. The average molecular weight is 328 g/mol. The Kier molecular flexibility index (Phi) is 4.47. The molecule has 2 aromatic carbocycles. The van der Waals surface area contributed by atoms with Crippen molar-refractivity contribution < 1.29 is 18.0 Å². The van der Waals surface area contributed by atoms with Crippen LogP contribution in [0, 0.1) is 13.8 Å². The first kappa shape index (κ1) is 16.4. The van der Waals surface area contributed by atoms with Gasteiger partial charge in [0.2, 0.25) is 0 Å². The zero-order valence-electron chi connectivity index (χ0n) is 11.9. The standard InChI is InChI=1S/C16H13ClF3NO/c1-9-3-4-10(2)12(7-9)15(22)21-14-8-11(16(18,19)20)5-6-13(14)17/h3-8H,1-2H3,(H,21,22). The molecule has 0 fully saturated rings. The maximum absolute atomic E-state index is 12.7. The van der Waals surface area contributed by atoms with E-state index in [1.54, 1.807) is 19.1 Å². The average Bonchev–Trinajstić information content (AvgIpc) is 2.42. The molecule has 0 bridgehead atoms. The van der Waals surface area contributed by atoms with Crippen LogP contribution in [-0.4, -0.2) is 5.91 Å². The van der Waals surface area contributed by atoms with Gasteiger partial charge in [-0.25, -0.2) is 0 Å². The Hall–Kier alpha value is -2.01. The highest BCUT2D eigenvalue weighted by Crippen LogP contribution is 2.34. The van der Waals surface area contributed by atoms with Crippen LogP contribution in [0.5, 0.6) is 0 Å². The highest BCUT2D eigenvalue weighted by molar-refractivity contribution is 6.34. The van der Waals surface area contributed by atoms with Gasteiger partial charge in [0, 0.05) is 5.56 Å². The first-order valence-electron chi connectivity index (χ1n) is 6.44. The highest BCUT2D eigenvalue weighted by atomic mass is 35.5. The Morgan fingerprint density at radius 2 is 1.77 bits per heavy atom. The van der Waals surface area contributed by atoms with Crippen molar-refractivity contribution in [3.05, 3.63) is 63.7 Å². The normalized spacial score (nSPS) is 11.4. The molecular weight excluding hydrogens is 315 g/mol. The molecule has 116 valence electrons. The molecule has 1 amide bonds. The second kappa shape index (κ2) is 6.01. The lowest BCUT2D eigenvalue weighted by Gasteiger charge is -2.13. The smallest absolute Gasteiger partial charge is 0.321 e. The second-order valence-electron chi connectivity index (χ2n) is 4.96. The number of alkyl halides is 3. The van der Waals surface area contributed by atoms with Gasteiger partial charge in [0.1, 0.15) is 0 Å². The quantitative estimate of drug-likeness (QED) is 0.804. The van der Waals surface area contributed by atoms with E-state index in [0.29, 0.717) is 5.56 Å². The Balaban J connectivity index is 2.34. The van der Waals surface area contributed by atoms with Crippen LogP contribution < -0.4 is 5.32 Å². The van der Waals surface area contributed by atoms with Crippen molar-refractivity contribution in [2.75, 3.05) is 5.32 Å². The van der Waals surface area contributed by atoms with Gasteiger partial charge in [-0.1, -0.05) is 29.3 Å². The lowest BCUT2D eigenvalue weighted by Crippen LogP contribution is -2.15. The van der Waals surface area contributed by atoms with Crippen LogP contribution in [-0.2, 0) is 6.18 Å². The SMILES string of the molecule is Cc1ccc(C)c(C(=O)Nc2cc(C(F)(F)F)ccc2Cl)c1. The summed E-state index contributed by atoms with van der Waals surface area (Å²) in [5.41, 5.74) is 1.07. The first-order chi connectivity index (χ1) is 10.2. The summed E-state index contributed by atoms with van der Waals surface area (Å²) in [5, 5.41) is 2.48. The Morgan fingerprint density at radius 3 is 2.41 bits per heavy atom. The van der Waals surface area contributed by atoms with Gasteiger partial charge in [0.25, 0.3) is 5.91 Å². The van der Waals surface area contributed by atoms with Gasteiger partial charge in [0.05, 0.1) is 16.3 Å². The number of hydrogen-bond acceptors (Lipinski definition) is 1. The molecule has 0 aliphatic rings. The first-order valence-corrected chi connectivity index (χ1v) is 6.81. The Bertz CT molecular complexity index is 726. The number of rotatable bonds is 2. The fourth-order valence-corrected chi connectivity index (χ4v) is 2.13. The molecule has 2 rings (SSSR count). The van der Waals surface area contributed by atoms with Crippen LogP contribution in [0.2, 0.25) is 5.02 Å². The van der Waals surface area contributed by atoms with Crippen LogP contribution >= 0.6 is 11.6 Å². The molecule has 2 nitrogen and oxygen atoms in total. The topological polar surface area (TPSA) is 29.1 Å². The van der Waals surface area contributed by atoms with Gasteiger partial charge in [-0.3, -0.25) is 4.79 Å². The molecule has 0 radical (unpaired) electrons. The Labute approximate surface area is 130 Å². The molecular formula is C16H13ClF3NO. The largest absolute Gasteiger partial charge is 0.416 e. The van der Waals surface area contributed by atoms with E-state index in [9.17, 15) is 18.0 Å². The van der Waals surface area contributed by atoms with Crippen molar-refractivity contribution in [1.82, 2.24) is 0 Å². The maximum atomic E-state index is 12.7. The van der Waals surface area contributed by atoms with E-state index in [-0.39, 0.29) is 10.7 Å². The van der Waals surface area contributed by atoms with Crippen LogP contribution in [0.25, 0.3) is 0 Å². The number of anilines is 1. The number of carbonyl (C=O) groups is 1. The molecule has 0 spiro atoms. The number of benzene rings is 2. The molecule has 0 aromatic heterocycles. The Morgan fingerprint density at radius 1 is 1.09 bits per heavy atom. The number of amides is 1. The van der Waals surface area contributed by atoms with Crippen LogP contribution in [0.4, 0.5) is 18.9 Å². The number of aryl methyl sites for hydroxylation is 2. The molecule has 0 atom stereocenters. The van der Waals surface area contributed by atoms with E-state index in [1.807, 2.05) is 13.0 Å². The number of hydrogen-bond donors (Lipinski definition) is 1. The summed E-state index contributed by atoms with van der Waals surface area (Å²) >= 11 is 5.87. The van der Waals surface area contributed by atoms with Gasteiger partial charge in [0.15, 0.2) is 0 Å². The molecule has 0 aliphatic heterocycles. The van der Waals surface area contributed by atoms with E-state index in [2.05, 4.69) is 5.32 Å². The molecule has 0 unspecified atom stereocenters. The van der Waals surface area contributed by atoms with E-state index in [0.717, 1.165) is 29.3 Å². The van der Waals surface area contributed by atoms with Gasteiger partial charge >= 0.3 is 6.18 Å². The second-order valence-corrected chi connectivity index (χ2v) is 5.37. The third-order valence-corrected chi connectivity index (χ3v) is 3.51. The van der Waals surface area contributed by atoms with Gasteiger partial charge in [-0.15, -0.1) is 0 Å². The van der Waals surface area contributed by atoms with Crippen molar-refractivity contribution >= 4 is 23.2 Å². The number of halogens is 4. The predicted molar refractivity (Wildman–Crippen MR) is 80.3 cm³/mol. The fourth-order valence-electron chi connectivity index (χ4n) is 1.97. The van der Waals surface area contributed by atoms with Crippen molar-refractivity contribution in [2.24, 2.45) is 0 Å². The van der Waals surface area contributed by atoms with Gasteiger partial charge in [-0.05, 0) is 43.7 Å². The number of nitrogens with one attached hydrogen (secondary N) is 1. The number of carbonyl (C=O) groups excluding carboxylic acids is 1. The summed E-state index contributed by atoms with van der Waals surface area (Å²) in [6, 6.07) is 8.11. The molecule has 22 heavy (non-hydrogen) atoms. The molecule has 6 heteroatoms. The minimum atomic E-state index is -4.50. The molecule has 0 aliphatic carbocycles. The fraction of sp³-hybridized carbons (Fsp3) is 0.188. The summed E-state index contributed by atoms with van der Waals surface area (Å²) in [6.07, 6.45) is -4.50. The summed E-state index contributed by atoms with van der Waals surface area (Å²) in [4.78, 5) is 12.2. The van der Waals surface area contributed by atoms with Crippen molar-refractivity contribution in [2.45, 2.75) is 20.0 Å². The molecule has 2 aromatic rings. The van der Waals surface area contributed by atoms with E-state index < -0.39 is 17.6 Å². The van der Waals surface area contributed by atoms with Crippen LogP contribution in [0.15, 0.2) is 36.4 Å². The minimum absolute atomic E-state index is 0.0478. The van der Waals surface area contributed by atoms with Crippen LogP contribution in [0.3, 0.4) is 0 Å². The lowest BCUT2D eigenvalue weighted by atomic mass is 10.0. The minimum Gasteiger partial charge on any atom is -0.321 e. The van der Waals surface area contributed by atoms with Crippen LogP contribution in [0.1, 0.15) is 27.0 Å². The van der Waals surface area contributed by atoms with Crippen molar-refractivity contribution in [3.8, 4) is 0 Å². The van der Waals surface area contributed by atoms with Crippen molar-refractivity contribution in [1.29, 1.82) is 0 Å². The van der Waals surface area contributed by atoms with Gasteiger partial charge in [-0.2, -0.15) is 13.2 Å². The predicted octanol–water partition coefficient (Wildman–Crippen LogP) is 5.23. The molecule has 0 heterocycles.